The fraction of sp³-hybridized carbons (Fsp3) is 0.243. The first-order chi connectivity index (χ1) is 65.4. The number of nitrogens with one attached hydrogen (secondary N) is 5. The SMILES string of the molecule is C=C1Oc2cc(-c3cc4cc(NC(=O)[C@H]5C[C@@H]5C#N)ncc4c(N)n3)c(C)cc2N1C.Cc1ccccc1-c1cc2cc(NC(=O)C3C[C@H]3C)ncc2c(N)n1.Cc1ccccc1-c1cc2cc(NC(=O)[C@@H]3C[C@@H]3C)ncc2c(N)n1.Cc1ccccc1-c1cc2cc(NC(=O)[C@@H]3C[C@H]3C(F)(F)F)ncc2c(N)n1.Cc1ccccc1-c1cc2cc(NC(=O)[C@H]3C[C@@H]3C(F)(F)F)ncc2c(N)n1. The van der Waals surface area contributed by atoms with Crippen LogP contribution in [-0.2, 0) is 24.0 Å². The van der Waals surface area contributed by atoms with Gasteiger partial charge in [-0.1, -0.05) is 111 Å². The Hall–Kier alpha value is -16.3. The van der Waals surface area contributed by atoms with Crippen LogP contribution in [0.25, 0.3) is 110 Å². The number of hydrogen-bond donors (Lipinski definition) is 10. The quantitative estimate of drug-likeness (QED) is 0.0426. The highest BCUT2D eigenvalue weighted by atomic mass is 19.4. The number of pyridine rings is 10. The fourth-order valence-corrected chi connectivity index (χ4v) is 16.8. The molecular weight excluding hydrogens is 1760 g/mol. The molecule has 15 N–H and O–H groups in total. The monoisotopic (exact) mass is 1850 g/mol. The van der Waals surface area contributed by atoms with Crippen molar-refractivity contribution >= 4 is 147 Å². The number of ether oxygens (including phenoxy) is 1. The Balaban J connectivity index is 0.000000119. The number of aryl methyl sites for hydroxylation is 5. The molecule has 0 saturated heterocycles. The van der Waals surface area contributed by atoms with Crippen LogP contribution in [-0.4, -0.2) is 98.8 Å². The largest absolute Gasteiger partial charge is 0.439 e. The van der Waals surface area contributed by atoms with Crippen molar-refractivity contribution in [3.63, 3.8) is 0 Å². The molecule has 5 saturated carbocycles. The molecule has 5 aliphatic carbocycles. The standard InChI is InChI=1S/C23H20N6O2.2C20H17F3N4O.2C20H20N4O/c1-11-4-19-20(31-12(2)29(19)3)8-15(11)18-6-13-7-21(26-10-17(13)22(25)27-18)28-23(30)16-5-14(16)9-24;2*1-10-4-2-3-5-12(10)16-6-11-7-17(25-9-14(11)18(24)26-16)27-19(28)13-8-15(13)20(21,22)23;2*1-11-5-3-4-6-14(11)17-8-13-9-18(22-10-16(13)19(21)23-17)24-20(25)15-7-12(15)2/h4,6-8,10,14,16H,2,5H2,1,3H3,(H2,25,27)(H,26,28,30);2*2-7,9,13,15H,8H2,1H3,(H2,24,26)(H,25,27,28);2*3-6,8-10,12,15H,7H2,1-2H3,(H2,21,23)(H,22,24,25)/t14-,16+;2*13-,15-;12-,15?;12-,15+/m11010/s1. The highest BCUT2D eigenvalue weighted by Crippen LogP contribution is 2.53. The molecule has 21 rings (SSSR count). The van der Waals surface area contributed by atoms with Crippen LogP contribution in [0.2, 0.25) is 0 Å². The number of nitriles is 1. The van der Waals surface area contributed by atoms with Gasteiger partial charge in [-0.2, -0.15) is 31.6 Å². The topological polar surface area (TPSA) is 441 Å². The first kappa shape index (κ1) is 92.5. The van der Waals surface area contributed by atoms with Crippen LogP contribution < -0.4 is 64.9 Å². The van der Waals surface area contributed by atoms with Crippen LogP contribution in [0.4, 0.5) is 90.2 Å². The minimum atomic E-state index is -4.35. The van der Waals surface area contributed by atoms with Gasteiger partial charge in [-0.3, -0.25) is 24.0 Å². The fourth-order valence-electron chi connectivity index (χ4n) is 16.8. The Morgan fingerprint density at radius 1 is 0.380 bits per heavy atom. The van der Waals surface area contributed by atoms with Crippen molar-refractivity contribution in [1.82, 2.24) is 49.8 Å². The van der Waals surface area contributed by atoms with Crippen molar-refractivity contribution in [3.8, 4) is 68.1 Å². The van der Waals surface area contributed by atoms with Gasteiger partial charge in [-0.15, -0.1) is 0 Å². The van der Waals surface area contributed by atoms with Crippen LogP contribution in [0.15, 0.2) is 213 Å². The third-order valence-electron chi connectivity index (χ3n) is 25.5. The number of amides is 5. The van der Waals surface area contributed by atoms with Crippen molar-refractivity contribution in [2.75, 3.05) is 67.2 Å². The van der Waals surface area contributed by atoms with Gasteiger partial charge in [-0.05, 0) is 213 Å². The summed E-state index contributed by atoms with van der Waals surface area (Å²) in [7, 11) is 1.91. The summed E-state index contributed by atoms with van der Waals surface area (Å²) in [5.41, 5.74) is 45.4. The van der Waals surface area contributed by atoms with E-state index in [2.05, 4.69) is 103 Å². The Morgan fingerprint density at radius 3 is 0.891 bits per heavy atom. The first-order valence-electron chi connectivity index (χ1n) is 44.3. The maximum Gasteiger partial charge on any atom is 0.392 e. The lowest BCUT2D eigenvalue weighted by atomic mass is 10.0. The zero-order chi connectivity index (χ0) is 97.1. The van der Waals surface area contributed by atoms with Crippen molar-refractivity contribution < 1.29 is 55.1 Å². The smallest absolute Gasteiger partial charge is 0.392 e. The van der Waals surface area contributed by atoms with Gasteiger partial charge in [0.05, 0.1) is 75.7 Å². The van der Waals surface area contributed by atoms with E-state index in [4.69, 9.17) is 38.7 Å². The Kier molecular flexibility index (Phi) is 25.2. The van der Waals surface area contributed by atoms with Crippen LogP contribution in [0.5, 0.6) is 5.75 Å². The molecule has 11 heterocycles. The summed E-state index contributed by atoms with van der Waals surface area (Å²) in [6.07, 6.45) is 1.31. The molecule has 28 nitrogen and oxygen atoms in total. The zero-order valence-corrected chi connectivity index (χ0v) is 75.5. The number of halogens is 6. The molecule has 694 valence electrons. The molecule has 1 unspecified atom stereocenters. The first-order valence-corrected chi connectivity index (χ1v) is 44.3. The number of nitrogens with two attached hydrogens (primary N) is 5. The predicted molar refractivity (Wildman–Crippen MR) is 519 cm³/mol. The highest BCUT2D eigenvalue weighted by molar-refractivity contribution is 6.04. The van der Waals surface area contributed by atoms with Crippen LogP contribution in [0.1, 0.15) is 73.8 Å². The number of aromatic nitrogens is 10. The number of nitrogen functional groups attached to an aromatic ring is 5. The van der Waals surface area contributed by atoms with Crippen molar-refractivity contribution in [2.45, 2.75) is 92.9 Å². The van der Waals surface area contributed by atoms with Gasteiger partial charge in [0, 0.05) is 105 Å². The summed E-state index contributed by atoms with van der Waals surface area (Å²) in [5.74, 6) is -0.985. The summed E-state index contributed by atoms with van der Waals surface area (Å²) in [6.45, 7) is 18.1. The number of carbonyl (C=O) groups excluding carboxylic acids is 5. The molecule has 137 heavy (non-hydrogen) atoms. The lowest BCUT2D eigenvalue weighted by Gasteiger charge is -2.13. The molecule has 5 fully saturated rings. The van der Waals surface area contributed by atoms with Crippen LogP contribution in [0, 0.1) is 105 Å². The minimum absolute atomic E-state index is 0.0421. The Labute approximate surface area is 781 Å². The molecule has 10 aromatic heterocycles. The molecule has 6 aliphatic rings. The lowest BCUT2D eigenvalue weighted by Crippen LogP contribution is -2.20. The molecule has 34 heteroatoms. The number of benzene rings is 5. The molecule has 5 amide bonds. The lowest BCUT2D eigenvalue weighted by molar-refractivity contribution is -0.154. The molecule has 0 spiro atoms. The van der Waals surface area contributed by atoms with Gasteiger partial charge in [0.15, 0.2) is 11.6 Å². The van der Waals surface area contributed by atoms with E-state index in [1.54, 1.807) is 36.8 Å². The summed E-state index contributed by atoms with van der Waals surface area (Å²) >= 11 is 0. The maximum absolute atomic E-state index is 12.7. The number of fused-ring (bicyclic) bond motifs is 6. The molecule has 15 aromatic rings. The normalized spacial score (nSPS) is 18.9. The third-order valence-corrected chi connectivity index (χ3v) is 25.5. The van der Waals surface area contributed by atoms with E-state index in [0.717, 1.165) is 112 Å². The molecule has 1 aliphatic heterocycles. The summed E-state index contributed by atoms with van der Waals surface area (Å²) in [6, 6.07) is 55.9. The van der Waals surface area contributed by atoms with Crippen LogP contribution >= 0.6 is 0 Å². The third kappa shape index (κ3) is 20.4. The maximum atomic E-state index is 12.7. The van der Waals surface area contributed by atoms with Gasteiger partial charge in [0.1, 0.15) is 58.2 Å². The van der Waals surface area contributed by atoms with E-state index in [1.807, 2.05) is 198 Å². The molecular formula is C103H94F6N22O6. The Bertz CT molecular complexity index is 7150. The molecule has 10 atom stereocenters. The molecule has 0 bridgehead atoms. The van der Waals surface area contributed by atoms with Crippen molar-refractivity contribution in [3.05, 3.63) is 241 Å². The Morgan fingerprint density at radius 2 is 0.642 bits per heavy atom. The van der Waals surface area contributed by atoms with E-state index in [1.165, 1.54) is 12.4 Å². The number of hydrogen-bond acceptors (Lipinski definition) is 23. The zero-order valence-electron chi connectivity index (χ0n) is 75.5. The average Bonchev–Trinajstić information content (AvgIpc) is 1.58. The summed E-state index contributed by atoms with van der Waals surface area (Å²) in [5, 5.41) is 30.0. The number of anilines is 11. The van der Waals surface area contributed by atoms with Gasteiger partial charge < -0.3 is 64.9 Å². The van der Waals surface area contributed by atoms with Crippen molar-refractivity contribution in [1.29, 1.82) is 5.26 Å². The second-order valence-electron chi connectivity index (χ2n) is 35.5. The van der Waals surface area contributed by atoms with Gasteiger partial charge in [-0.25, -0.2) is 49.8 Å². The number of alkyl halides is 6. The minimum Gasteiger partial charge on any atom is -0.439 e. The number of carbonyl (C=O) groups is 5. The molecule has 5 aromatic carbocycles. The van der Waals surface area contributed by atoms with Crippen molar-refractivity contribution in [2.24, 2.45) is 59.2 Å². The van der Waals surface area contributed by atoms with E-state index < -0.39 is 47.8 Å². The van der Waals surface area contributed by atoms with Gasteiger partial charge in [0.25, 0.3) is 0 Å². The number of rotatable bonds is 15. The van der Waals surface area contributed by atoms with E-state index in [-0.39, 0.29) is 65.9 Å². The molecule has 0 radical (unpaired) electrons. The second-order valence-corrected chi connectivity index (χ2v) is 35.5. The van der Waals surface area contributed by atoms with Gasteiger partial charge in [0.2, 0.25) is 29.5 Å². The summed E-state index contributed by atoms with van der Waals surface area (Å²) in [4.78, 5) is 106. The van der Waals surface area contributed by atoms with E-state index in [0.29, 0.717) is 120 Å². The van der Waals surface area contributed by atoms with E-state index in [9.17, 15) is 50.3 Å². The van der Waals surface area contributed by atoms with Gasteiger partial charge >= 0.3 is 12.4 Å². The van der Waals surface area contributed by atoms with Crippen LogP contribution in [0.3, 0.4) is 0 Å². The summed E-state index contributed by atoms with van der Waals surface area (Å²) < 4.78 is 81.7. The highest BCUT2D eigenvalue weighted by Gasteiger charge is 2.60. The van der Waals surface area contributed by atoms with E-state index >= 15 is 0 Å². The number of nitrogens with zero attached hydrogens (tertiary/aromatic N) is 12. The average molecular weight is 1850 g/mol. The predicted octanol–water partition coefficient (Wildman–Crippen LogP) is 19.8. The second kappa shape index (κ2) is 37.3.